The molecule has 0 fully saturated rings. The summed E-state index contributed by atoms with van der Waals surface area (Å²) in [4.78, 5) is 17.7. The quantitative estimate of drug-likeness (QED) is 0.786. The fourth-order valence-corrected chi connectivity index (χ4v) is 1.92. The smallest absolute Gasteiger partial charge is 0.255 e. The first-order valence-electron chi connectivity index (χ1n) is 5.55. The predicted molar refractivity (Wildman–Crippen MR) is 70.7 cm³/mol. The molecule has 94 valence electrons. The number of amides is 1. The van der Waals surface area contributed by atoms with Gasteiger partial charge in [-0.2, -0.15) is 0 Å². The summed E-state index contributed by atoms with van der Waals surface area (Å²) in [5.41, 5.74) is 0.400. The third kappa shape index (κ3) is 3.58. The number of rotatable bonds is 4. The Morgan fingerprint density at radius 2 is 2.18 bits per heavy atom. The number of hydrogen-bond acceptors (Lipinski definition) is 2. The van der Waals surface area contributed by atoms with Crippen molar-refractivity contribution in [2.45, 2.75) is 32.7 Å². The molecule has 0 aliphatic carbocycles. The molecule has 0 N–H and O–H groups in total. The van der Waals surface area contributed by atoms with Crippen LogP contribution in [0, 0.1) is 0 Å². The summed E-state index contributed by atoms with van der Waals surface area (Å²) in [6.07, 6.45) is 3.39. The van der Waals surface area contributed by atoms with Crippen LogP contribution >= 0.6 is 23.2 Å². The molecule has 0 saturated carbocycles. The highest BCUT2D eigenvalue weighted by Gasteiger charge is 2.19. The van der Waals surface area contributed by atoms with Gasteiger partial charge in [0.2, 0.25) is 0 Å². The van der Waals surface area contributed by atoms with Crippen molar-refractivity contribution in [1.82, 2.24) is 9.88 Å². The summed E-state index contributed by atoms with van der Waals surface area (Å²) >= 11 is 11.7. The van der Waals surface area contributed by atoms with Gasteiger partial charge in [-0.15, -0.1) is 0 Å². The van der Waals surface area contributed by atoms with Gasteiger partial charge in [0.05, 0.1) is 10.6 Å². The van der Waals surface area contributed by atoms with Gasteiger partial charge in [0.1, 0.15) is 5.15 Å². The summed E-state index contributed by atoms with van der Waals surface area (Å²) in [6.45, 7) is 4.10. The first kappa shape index (κ1) is 14.3. The number of hydrogen-bond donors (Lipinski definition) is 0. The van der Waals surface area contributed by atoms with Crippen LogP contribution in [0.1, 0.15) is 37.0 Å². The second-order valence-corrected chi connectivity index (χ2v) is 4.84. The molecule has 3 nitrogen and oxygen atoms in total. The maximum Gasteiger partial charge on any atom is 0.255 e. The lowest BCUT2D eigenvalue weighted by Crippen LogP contribution is -2.35. The van der Waals surface area contributed by atoms with E-state index >= 15 is 0 Å². The van der Waals surface area contributed by atoms with Gasteiger partial charge in [-0.3, -0.25) is 4.79 Å². The van der Waals surface area contributed by atoms with Gasteiger partial charge in [0.15, 0.2) is 0 Å². The van der Waals surface area contributed by atoms with Crippen LogP contribution in [-0.4, -0.2) is 28.9 Å². The van der Waals surface area contributed by atoms with Gasteiger partial charge in [-0.05, 0) is 19.4 Å². The standard InChI is InChI=1S/C12H16Cl2N2O/c1-4-5-8(2)16(3)12(17)9-6-11(14)15-7-10(9)13/h6-8H,4-5H2,1-3H3. The van der Waals surface area contributed by atoms with Crippen LogP contribution in [0.3, 0.4) is 0 Å². The lowest BCUT2D eigenvalue weighted by Gasteiger charge is -2.25. The molecule has 0 radical (unpaired) electrons. The maximum absolute atomic E-state index is 12.2. The number of halogens is 2. The lowest BCUT2D eigenvalue weighted by atomic mass is 10.1. The zero-order valence-electron chi connectivity index (χ0n) is 10.2. The van der Waals surface area contributed by atoms with E-state index in [2.05, 4.69) is 11.9 Å². The van der Waals surface area contributed by atoms with Crippen molar-refractivity contribution in [3.8, 4) is 0 Å². The second kappa shape index (κ2) is 6.22. The van der Waals surface area contributed by atoms with E-state index in [0.29, 0.717) is 10.6 Å². The van der Waals surface area contributed by atoms with E-state index in [1.165, 1.54) is 12.3 Å². The summed E-state index contributed by atoms with van der Waals surface area (Å²) in [5.74, 6) is -0.125. The molecular formula is C12H16Cl2N2O. The van der Waals surface area contributed by atoms with Gasteiger partial charge in [0.25, 0.3) is 5.91 Å². The molecule has 0 bridgehead atoms. The second-order valence-electron chi connectivity index (χ2n) is 4.04. The Hall–Kier alpha value is -0.800. The Morgan fingerprint density at radius 1 is 1.53 bits per heavy atom. The SMILES string of the molecule is CCCC(C)N(C)C(=O)c1cc(Cl)ncc1Cl. The maximum atomic E-state index is 12.2. The number of carbonyl (C=O) groups excluding carboxylic acids is 1. The Kier molecular flexibility index (Phi) is 5.22. The molecule has 0 aliphatic heterocycles. The number of carbonyl (C=O) groups is 1. The van der Waals surface area contributed by atoms with Crippen molar-refractivity contribution in [2.75, 3.05) is 7.05 Å². The molecule has 1 aromatic rings. The molecule has 1 aromatic heterocycles. The van der Waals surface area contributed by atoms with Crippen LogP contribution in [0.5, 0.6) is 0 Å². The van der Waals surface area contributed by atoms with E-state index in [-0.39, 0.29) is 17.1 Å². The molecular weight excluding hydrogens is 259 g/mol. The van der Waals surface area contributed by atoms with E-state index in [0.717, 1.165) is 12.8 Å². The number of pyridine rings is 1. The Balaban J connectivity index is 2.92. The van der Waals surface area contributed by atoms with E-state index in [1.54, 1.807) is 11.9 Å². The Morgan fingerprint density at radius 3 is 2.76 bits per heavy atom. The fourth-order valence-electron chi connectivity index (χ4n) is 1.58. The predicted octanol–water partition coefficient (Wildman–Crippen LogP) is 3.65. The van der Waals surface area contributed by atoms with Gasteiger partial charge >= 0.3 is 0 Å². The van der Waals surface area contributed by atoms with Crippen LogP contribution < -0.4 is 0 Å². The van der Waals surface area contributed by atoms with Crippen molar-refractivity contribution in [2.24, 2.45) is 0 Å². The van der Waals surface area contributed by atoms with Crippen LogP contribution in [0.15, 0.2) is 12.3 Å². The van der Waals surface area contributed by atoms with Crippen molar-refractivity contribution < 1.29 is 4.79 Å². The molecule has 1 unspecified atom stereocenters. The first-order valence-corrected chi connectivity index (χ1v) is 6.31. The van der Waals surface area contributed by atoms with Crippen LogP contribution in [0.4, 0.5) is 0 Å². The van der Waals surface area contributed by atoms with Crippen LogP contribution in [-0.2, 0) is 0 Å². The average molecular weight is 275 g/mol. The fraction of sp³-hybridized carbons (Fsp3) is 0.500. The highest BCUT2D eigenvalue weighted by molar-refractivity contribution is 6.35. The number of aromatic nitrogens is 1. The minimum Gasteiger partial charge on any atom is -0.339 e. The highest BCUT2D eigenvalue weighted by atomic mass is 35.5. The van der Waals surface area contributed by atoms with Gasteiger partial charge in [-0.25, -0.2) is 4.98 Å². The van der Waals surface area contributed by atoms with E-state index in [1.807, 2.05) is 6.92 Å². The molecule has 0 spiro atoms. The monoisotopic (exact) mass is 274 g/mol. The topological polar surface area (TPSA) is 33.2 Å². The van der Waals surface area contributed by atoms with Gasteiger partial charge in [0, 0.05) is 19.3 Å². The molecule has 1 atom stereocenters. The van der Waals surface area contributed by atoms with Crippen molar-refractivity contribution in [3.05, 3.63) is 28.0 Å². The third-order valence-electron chi connectivity index (χ3n) is 2.74. The summed E-state index contributed by atoms with van der Waals surface area (Å²) in [5, 5.41) is 0.601. The summed E-state index contributed by atoms with van der Waals surface area (Å²) in [6, 6.07) is 1.68. The van der Waals surface area contributed by atoms with E-state index in [4.69, 9.17) is 23.2 Å². The molecule has 1 heterocycles. The van der Waals surface area contributed by atoms with Crippen LogP contribution in [0.2, 0.25) is 10.2 Å². The highest BCUT2D eigenvalue weighted by Crippen LogP contribution is 2.20. The third-order valence-corrected chi connectivity index (χ3v) is 3.25. The van der Waals surface area contributed by atoms with Crippen molar-refractivity contribution in [1.29, 1.82) is 0 Å². The lowest BCUT2D eigenvalue weighted by molar-refractivity contribution is 0.0737. The normalized spacial score (nSPS) is 12.3. The zero-order valence-corrected chi connectivity index (χ0v) is 11.7. The Labute approximate surface area is 112 Å². The van der Waals surface area contributed by atoms with Crippen LogP contribution in [0.25, 0.3) is 0 Å². The van der Waals surface area contributed by atoms with Crippen molar-refractivity contribution >= 4 is 29.1 Å². The molecule has 0 aromatic carbocycles. The molecule has 5 heteroatoms. The average Bonchev–Trinajstić information content (AvgIpc) is 2.30. The molecule has 1 amide bonds. The first-order chi connectivity index (χ1) is 7.97. The van der Waals surface area contributed by atoms with Gasteiger partial charge < -0.3 is 4.90 Å². The summed E-state index contributed by atoms with van der Waals surface area (Å²) < 4.78 is 0. The Bertz CT molecular complexity index is 409. The minimum absolute atomic E-state index is 0.125. The van der Waals surface area contributed by atoms with Gasteiger partial charge in [-0.1, -0.05) is 36.5 Å². The molecule has 1 rings (SSSR count). The summed E-state index contributed by atoms with van der Waals surface area (Å²) in [7, 11) is 1.77. The molecule has 0 aliphatic rings. The van der Waals surface area contributed by atoms with Crippen molar-refractivity contribution in [3.63, 3.8) is 0 Å². The zero-order chi connectivity index (χ0) is 13.0. The molecule has 0 saturated heterocycles. The minimum atomic E-state index is -0.125. The largest absolute Gasteiger partial charge is 0.339 e. The van der Waals surface area contributed by atoms with E-state index < -0.39 is 0 Å². The van der Waals surface area contributed by atoms with E-state index in [9.17, 15) is 4.79 Å². The molecule has 17 heavy (non-hydrogen) atoms. The number of nitrogens with zero attached hydrogens (tertiary/aromatic N) is 2.